The van der Waals surface area contributed by atoms with Crippen molar-refractivity contribution in [2.24, 2.45) is 0 Å². The number of anilines is 2. The first-order valence-electron chi connectivity index (χ1n) is 9.45. The van der Waals surface area contributed by atoms with E-state index in [-0.39, 0.29) is 17.5 Å². The first-order valence-corrected chi connectivity index (χ1v) is 10.4. The number of carbonyl (C=O) groups is 1. The molecule has 144 valence electrons. The molecular weight excluding hydrogens is 367 g/mol. The zero-order valence-corrected chi connectivity index (χ0v) is 15.9. The molecule has 1 aliphatic heterocycles. The van der Waals surface area contributed by atoms with Gasteiger partial charge in [-0.3, -0.25) is 4.79 Å². The lowest BCUT2D eigenvalue weighted by Crippen LogP contribution is -2.19. The highest BCUT2D eigenvalue weighted by molar-refractivity contribution is 7.99. The Morgan fingerprint density at radius 2 is 1.96 bits per heavy atom. The standard InChI is InChI=1S/C18H23FN6OS/c19-13-9-14(11-16(10-13)24-7-3-4-8-24)20-17(26)12-27-18-21-22-23-25(18)15-5-1-2-6-15/h9-11,15H,1-8,12H2,(H,20,26). The summed E-state index contributed by atoms with van der Waals surface area (Å²) in [6, 6.07) is 5.03. The van der Waals surface area contributed by atoms with Crippen LogP contribution >= 0.6 is 11.8 Å². The number of aromatic nitrogens is 4. The predicted octanol–water partition coefficient (Wildman–Crippen LogP) is 3.26. The third-order valence-electron chi connectivity index (χ3n) is 5.10. The van der Waals surface area contributed by atoms with Crippen LogP contribution in [0.3, 0.4) is 0 Å². The van der Waals surface area contributed by atoms with Crippen LogP contribution in [-0.4, -0.2) is 45.0 Å². The Morgan fingerprint density at radius 3 is 2.74 bits per heavy atom. The Balaban J connectivity index is 1.36. The van der Waals surface area contributed by atoms with E-state index in [4.69, 9.17) is 0 Å². The second-order valence-corrected chi connectivity index (χ2v) is 8.02. The largest absolute Gasteiger partial charge is 0.371 e. The van der Waals surface area contributed by atoms with Crippen molar-refractivity contribution in [2.75, 3.05) is 29.1 Å². The second kappa shape index (κ2) is 8.24. The number of thioether (sulfide) groups is 1. The molecule has 1 aromatic carbocycles. The van der Waals surface area contributed by atoms with Gasteiger partial charge in [-0.05, 0) is 54.3 Å². The predicted molar refractivity (Wildman–Crippen MR) is 103 cm³/mol. The van der Waals surface area contributed by atoms with Crippen LogP contribution in [0.2, 0.25) is 0 Å². The van der Waals surface area contributed by atoms with E-state index in [1.165, 1.54) is 36.7 Å². The second-order valence-electron chi connectivity index (χ2n) is 7.07. The smallest absolute Gasteiger partial charge is 0.234 e. The van der Waals surface area contributed by atoms with Crippen LogP contribution in [0.5, 0.6) is 0 Å². The summed E-state index contributed by atoms with van der Waals surface area (Å²) in [5.74, 6) is -0.352. The van der Waals surface area contributed by atoms with Gasteiger partial charge in [0, 0.05) is 24.5 Å². The lowest BCUT2D eigenvalue weighted by Gasteiger charge is -2.18. The summed E-state index contributed by atoms with van der Waals surface area (Å²) in [5, 5.41) is 15.3. The number of halogens is 1. The van der Waals surface area contributed by atoms with Crippen molar-refractivity contribution in [2.45, 2.75) is 49.7 Å². The van der Waals surface area contributed by atoms with Gasteiger partial charge in [0.1, 0.15) is 5.82 Å². The maximum absolute atomic E-state index is 14.0. The molecule has 27 heavy (non-hydrogen) atoms. The molecule has 1 amide bonds. The van der Waals surface area contributed by atoms with Gasteiger partial charge in [0.05, 0.1) is 11.8 Å². The molecule has 1 aromatic heterocycles. The van der Waals surface area contributed by atoms with Gasteiger partial charge in [0.15, 0.2) is 0 Å². The zero-order chi connectivity index (χ0) is 18.6. The molecule has 1 saturated heterocycles. The molecule has 1 N–H and O–H groups in total. The molecule has 7 nitrogen and oxygen atoms in total. The average molecular weight is 390 g/mol. The summed E-state index contributed by atoms with van der Waals surface area (Å²) in [5.41, 5.74) is 1.30. The molecule has 2 aromatic rings. The zero-order valence-electron chi connectivity index (χ0n) is 15.1. The van der Waals surface area contributed by atoms with Crippen molar-refractivity contribution in [3.63, 3.8) is 0 Å². The fourth-order valence-corrected chi connectivity index (χ4v) is 4.53. The van der Waals surface area contributed by atoms with Gasteiger partial charge >= 0.3 is 0 Å². The van der Waals surface area contributed by atoms with Gasteiger partial charge < -0.3 is 10.2 Å². The van der Waals surface area contributed by atoms with E-state index >= 15 is 0 Å². The molecule has 0 atom stereocenters. The van der Waals surface area contributed by atoms with E-state index in [0.29, 0.717) is 16.9 Å². The molecule has 0 unspecified atom stereocenters. The number of nitrogens with one attached hydrogen (secondary N) is 1. The summed E-state index contributed by atoms with van der Waals surface area (Å²) in [6.07, 6.45) is 6.76. The number of benzene rings is 1. The van der Waals surface area contributed by atoms with Crippen molar-refractivity contribution >= 4 is 29.0 Å². The molecule has 2 aliphatic rings. The molecule has 4 rings (SSSR count). The van der Waals surface area contributed by atoms with Crippen LogP contribution in [0.15, 0.2) is 23.4 Å². The van der Waals surface area contributed by atoms with E-state index in [2.05, 4.69) is 25.7 Å². The number of tetrazole rings is 1. The van der Waals surface area contributed by atoms with Crippen molar-refractivity contribution < 1.29 is 9.18 Å². The van der Waals surface area contributed by atoms with Crippen molar-refractivity contribution in [3.05, 3.63) is 24.0 Å². The van der Waals surface area contributed by atoms with Crippen LogP contribution in [0.4, 0.5) is 15.8 Å². The average Bonchev–Trinajstić information content (AvgIpc) is 3.41. The molecule has 2 fully saturated rings. The molecule has 2 heterocycles. The minimum Gasteiger partial charge on any atom is -0.371 e. The maximum Gasteiger partial charge on any atom is 0.234 e. The Morgan fingerprint density at radius 1 is 1.19 bits per heavy atom. The van der Waals surface area contributed by atoms with Crippen LogP contribution in [-0.2, 0) is 4.79 Å². The minimum absolute atomic E-state index is 0.183. The molecule has 0 spiro atoms. The number of rotatable bonds is 6. The fourth-order valence-electron chi connectivity index (χ4n) is 3.79. The van der Waals surface area contributed by atoms with Crippen molar-refractivity contribution in [1.82, 2.24) is 20.2 Å². The van der Waals surface area contributed by atoms with Gasteiger partial charge in [0.25, 0.3) is 0 Å². The van der Waals surface area contributed by atoms with Crippen molar-refractivity contribution in [1.29, 1.82) is 0 Å². The normalized spacial score (nSPS) is 17.6. The molecular formula is C18H23FN6OS. The highest BCUT2D eigenvalue weighted by atomic mass is 32.2. The summed E-state index contributed by atoms with van der Waals surface area (Å²) < 4.78 is 15.8. The number of nitrogens with zero attached hydrogens (tertiary/aromatic N) is 5. The number of hydrogen-bond donors (Lipinski definition) is 1. The molecule has 1 saturated carbocycles. The highest BCUT2D eigenvalue weighted by Gasteiger charge is 2.22. The van der Waals surface area contributed by atoms with E-state index in [9.17, 15) is 9.18 Å². The van der Waals surface area contributed by atoms with E-state index in [1.54, 1.807) is 0 Å². The van der Waals surface area contributed by atoms with E-state index in [1.807, 2.05) is 10.7 Å². The third kappa shape index (κ3) is 4.40. The molecule has 9 heteroatoms. The highest BCUT2D eigenvalue weighted by Crippen LogP contribution is 2.31. The van der Waals surface area contributed by atoms with Gasteiger partial charge in [-0.1, -0.05) is 24.6 Å². The van der Waals surface area contributed by atoms with Gasteiger partial charge in [0.2, 0.25) is 11.1 Å². The van der Waals surface area contributed by atoms with Gasteiger partial charge in [-0.15, -0.1) is 5.10 Å². The molecule has 0 radical (unpaired) electrons. The van der Waals surface area contributed by atoms with Crippen LogP contribution in [0.25, 0.3) is 0 Å². The minimum atomic E-state index is -0.340. The lowest BCUT2D eigenvalue weighted by molar-refractivity contribution is -0.113. The Labute approximate surface area is 161 Å². The summed E-state index contributed by atoms with van der Waals surface area (Å²) in [4.78, 5) is 14.5. The van der Waals surface area contributed by atoms with Crippen LogP contribution in [0.1, 0.15) is 44.6 Å². The summed E-state index contributed by atoms with van der Waals surface area (Å²) in [6.45, 7) is 1.85. The Bertz CT molecular complexity index is 801. The number of amides is 1. The Kier molecular flexibility index (Phi) is 5.56. The number of carbonyl (C=O) groups excluding carboxylic acids is 1. The summed E-state index contributed by atoms with van der Waals surface area (Å²) in [7, 11) is 0. The summed E-state index contributed by atoms with van der Waals surface area (Å²) >= 11 is 1.31. The monoisotopic (exact) mass is 390 g/mol. The van der Waals surface area contributed by atoms with Gasteiger partial charge in [-0.2, -0.15) is 0 Å². The van der Waals surface area contributed by atoms with E-state index in [0.717, 1.165) is 44.5 Å². The Hall–Kier alpha value is -2.16. The van der Waals surface area contributed by atoms with Crippen LogP contribution < -0.4 is 10.2 Å². The SMILES string of the molecule is O=C(CSc1nnnn1C1CCCC1)Nc1cc(F)cc(N2CCCC2)c1. The quantitative estimate of drug-likeness (QED) is 0.763. The lowest BCUT2D eigenvalue weighted by atomic mass is 10.2. The topological polar surface area (TPSA) is 75.9 Å². The van der Waals surface area contributed by atoms with Gasteiger partial charge in [-0.25, -0.2) is 9.07 Å². The van der Waals surface area contributed by atoms with Crippen LogP contribution in [0, 0.1) is 5.82 Å². The number of hydrogen-bond acceptors (Lipinski definition) is 6. The maximum atomic E-state index is 14.0. The first kappa shape index (κ1) is 18.2. The third-order valence-corrected chi connectivity index (χ3v) is 6.04. The first-order chi connectivity index (χ1) is 13.2. The van der Waals surface area contributed by atoms with E-state index < -0.39 is 0 Å². The molecule has 1 aliphatic carbocycles. The molecule has 0 bridgehead atoms. The fraction of sp³-hybridized carbons (Fsp3) is 0.556. The van der Waals surface area contributed by atoms with Crippen molar-refractivity contribution in [3.8, 4) is 0 Å².